The van der Waals surface area contributed by atoms with Crippen molar-refractivity contribution in [3.63, 3.8) is 0 Å². The van der Waals surface area contributed by atoms with Crippen molar-refractivity contribution < 1.29 is 0 Å². The van der Waals surface area contributed by atoms with Crippen molar-refractivity contribution in [3.05, 3.63) is 93.0 Å². The lowest BCUT2D eigenvalue weighted by Crippen LogP contribution is -2.17. The van der Waals surface area contributed by atoms with E-state index < -0.39 is 0 Å². The quantitative estimate of drug-likeness (QED) is 0.446. The van der Waals surface area contributed by atoms with Gasteiger partial charge in [0.2, 0.25) is 0 Å². The van der Waals surface area contributed by atoms with Crippen LogP contribution in [0.4, 0.5) is 0 Å². The molecule has 2 aliphatic carbocycles. The van der Waals surface area contributed by atoms with Crippen molar-refractivity contribution >= 4 is 15.9 Å². The van der Waals surface area contributed by atoms with E-state index in [2.05, 4.69) is 76.6 Å². The molecular weight excluding hydrogens is 368 g/mol. The van der Waals surface area contributed by atoms with E-state index in [9.17, 15) is 0 Å². The van der Waals surface area contributed by atoms with E-state index >= 15 is 0 Å². The highest BCUT2D eigenvalue weighted by atomic mass is 79.9. The number of benzene rings is 3. The summed E-state index contributed by atoms with van der Waals surface area (Å²) in [5.41, 5.74) is 10.8. The molecular formula is C24H21Br. The highest BCUT2D eigenvalue weighted by Gasteiger charge is 2.25. The predicted molar refractivity (Wildman–Crippen MR) is 108 cm³/mol. The fraction of sp³-hybridized carbons (Fsp3) is 0.250. The average Bonchev–Trinajstić information content (AvgIpc) is 2.67. The number of hydrogen-bond acceptors (Lipinski definition) is 0. The molecule has 0 radical (unpaired) electrons. The van der Waals surface area contributed by atoms with Gasteiger partial charge < -0.3 is 0 Å². The first-order valence-corrected chi connectivity index (χ1v) is 10.1. The van der Waals surface area contributed by atoms with Crippen LogP contribution in [0, 0.1) is 0 Å². The molecule has 0 heterocycles. The molecule has 0 aromatic heterocycles. The highest BCUT2D eigenvalue weighted by molar-refractivity contribution is 9.10. The standard InChI is InChI=1S/C24H21Br/c25-20-10-5-16(6-11-20)18-8-12-22-19(15-18)9-14-23-21-4-2-1-3-17(21)7-13-24(22)23/h1-6,9-11,14,18H,7-8,12-13,15H2. The zero-order valence-electron chi connectivity index (χ0n) is 14.3. The molecule has 0 bridgehead atoms. The van der Waals surface area contributed by atoms with Gasteiger partial charge in [-0.2, -0.15) is 0 Å². The number of hydrogen-bond donors (Lipinski definition) is 0. The SMILES string of the molecule is Brc1ccc(C2CCc3c(ccc4c3CCc3ccccc3-4)C2)cc1. The minimum atomic E-state index is 0.662. The summed E-state index contributed by atoms with van der Waals surface area (Å²) in [6.07, 6.45) is 6.08. The van der Waals surface area contributed by atoms with Gasteiger partial charge >= 0.3 is 0 Å². The van der Waals surface area contributed by atoms with Gasteiger partial charge in [0, 0.05) is 4.47 Å². The van der Waals surface area contributed by atoms with Gasteiger partial charge in [0.15, 0.2) is 0 Å². The van der Waals surface area contributed by atoms with E-state index in [-0.39, 0.29) is 0 Å². The first kappa shape index (κ1) is 15.4. The van der Waals surface area contributed by atoms with Crippen LogP contribution in [0.15, 0.2) is 65.1 Å². The molecule has 2 aliphatic rings. The molecule has 0 fully saturated rings. The largest absolute Gasteiger partial charge is 0.0620 e. The molecule has 0 spiro atoms. The number of aryl methyl sites for hydroxylation is 1. The van der Waals surface area contributed by atoms with Gasteiger partial charge in [-0.15, -0.1) is 0 Å². The summed E-state index contributed by atoms with van der Waals surface area (Å²) in [5.74, 6) is 0.662. The number of fused-ring (bicyclic) bond motifs is 5. The third kappa shape index (κ3) is 2.66. The monoisotopic (exact) mass is 388 g/mol. The Labute approximate surface area is 158 Å². The maximum absolute atomic E-state index is 3.55. The summed E-state index contributed by atoms with van der Waals surface area (Å²) in [4.78, 5) is 0. The van der Waals surface area contributed by atoms with E-state index in [4.69, 9.17) is 0 Å². The van der Waals surface area contributed by atoms with E-state index in [0.717, 1.165) is 0 Å². The Morgan fingerprint density at radius 2 is 1.52 bits per heavy atom. The summed E-state index contributed by atoms with van der Waals surface area (Å²) in [6, 6.07) is 22.7. The maximum Gasteiger partial charge on any atom is 0.0175 e. The lowest BCUT2D eigenvalue weighted by Gasteiger charge is -2.30. The van der Waals surface area contributed by atoms with Crippen molar-refractivity contribution in [3.8, 4) is 11.1 Å². The predicted octanol–water partition coefficient (Wildman–Crippen LogP) is 6.49. The van der Waals surface area contributed by atoms with Gasteiger partial charge in [0.05, 0.1) is 0 Å². The van der Waals surface area contributed by atoms with Crippen LogP contribution in [0.3, 0.4) is 0 Å². The minimum absolute atomic E-state index is 0.662. The Morgan fingerprint density at radius 1 is 0.680 bits per heavy atom. The van der Waals surface area contributed by atoms with Crippen LogP contribution in [0.1, 0.15) is 40.2 Å². The van der Waals surface area contributed by atoms with Crippen molar-refractivity contribution in [2.75, 3.05) is 0 Å². The van der Waals surface area contributed by atoms with Gasteiger partial charge in [0.25, 0.3) is 0 Å². The lowest BCUT2D eigenvalue weighted by atomic mass is 9.74. The second-order valence-corrected chi connectivity index (χ2v) is 8.29. The second-order valence-electron chi connectivity index (χ2n) is 7.38. The average molecular weight is 389 g/mol. The van der Waals surface area contributed by atoms with Crippen LogP contribution in [0.2, 0.25) is 0 Å². The third-order valence-corrected chi connectivity index (χ3v) is 6.56. The van der Waals surface area contributed by atoms with Crippen LogP contribution in [0.5, 0.6) is 0 Å². The van der Waals surface area contributed by atoms with E-state index in [0.29, 0.717) is 5.92 Å². The van der Waals surface area contributed by atoms with Gasteiger partial charge in [-0.25, -0.2) is 0 Å². The molecule has 3 aromatic rings. The van der Waals surface area contributed by atoms with E-state index in [1.807, 2.05) is 0 Å². The Morgan fingerprint density at radius 3 is 2.40 bits per heavy atom. The summed E-state index contributed by atoms with van der Waals surface area (Å²) < 4.78 is 1.17. The molecule has 3 aromatic carbocycles. The summed E-state index contributed by atoms with van der Waals surface area (Å²) in [7, 11) is 0. The molecule has 0 N–H and O–H groups in total. The number of halogens is 1. The van der Waals surface area contributed by atoms with E-state index in [1.54, 1.807) is 16.7 Å². The fourth-order valence-corrected chi connectivity index (χ4v) is 5.01. The number of rotatable bonds is 1. The maximum atomic E-state index is 3.55. The van der Waals surface area contributed by atoms with Crippen LogP contribution in [-0.4, -0.2) is 0 Å². The van der Waals surface area contributed by atoms with Crippen molar-refractivity contribution in [1.29, 1.82) is 0 Å². The zero-order valence-corrected chi connectivity index (χ0v) is 15.9. The fourth-order valence-electron chi connectivity index (χ4n) is 4.75. The second kappa shape index (κ2) is 6.14. The normalized spacial score (nSPS) is 18.2. The van der Waals surface area contributed by atoms with Gasteiger partial charge in [-0.3, -0.25) is 0 Å². The van der Waals surface area contributed by atoms with Gasteiger partial charge in [-0.1, -0.05) is 64.5 Å². The molecule has 5 rings (SSSR count). The highest BCUT2D eigenvalue weighted by Crippen LogP contribution is 2.41. The van der Waals surface area contributed by atoms with Crippen molar-refractivity contribution in [1.82, 2.24) is 0 Å². The lowest BCUT2D eigenvalue weighted by molar-refractivity contribution is 0.580. The molecule has 25 heavy (non-hydrogen) atoms. The molecule has 0 amide bonds. The summed E-state index contributed by atoms with van der Waals surface area (Å²) in [6.45, 7) is 0. The zero-order chi connectivity index (χ0) is 16.8. The van der Waals surface area contributed by atoms with Gasteiger partial charge in [0.1, 0.15) is 0 Å². The Bertz CT molecular complexity index is 937. The smallest absolute Gasteiger partial charge is 0.0175 e. The van der Waals surface area contributed by atoms with Crippen LogP contribution in [-0.2, 0) is 25.7 Å². The molecule has 1 heteroatoms. The van der Waals surface area contributed by atoms with Crippen LogP contribution < -0.4 is 0 Å². The van der Waals surface area contributed by atoms with Crippen molar-refractivity contribution in [2.24, 2.45) is 0 Å². The molecule has 0 aliphatic heterocycles. The minimum Gasteiger partial charge on any atom is -0.0620 e. The Balaban J connectivity index is 1.52. The summed E-state index contributed by atoms with van der Waals surface area (Å²) >= 11 is 3.55. The Hall–Kier alpha value is -1.86. The molecule has 0 saturated carbocycles. The molecule has 0 saturated heterocycles. The first-order valence-electron chi connectivity index (χ1n) is 9.27. The molecule has 1 atom stereocenters. The molecule has 124 valence electrons. The Kier molecular flexibility index (Phi) is 3.78. The topological polar surface area (TPSA) is 0 Å². The third-order valence-electron chi connectivity index (χ3n) is 6.03. The van der Waals surface area contributed by atoms with Crippen LogP contribution >= 0.6 is 15.9 Å². The first-order chi connectivity index (χ1) is 12.3. The van der Waals surface area contributed by atoms with E-state index in [1.165, 1.54) is 58.8 Å². The van der Waals surface area contributed by atoms with Crippen LogP contribution in [0.25, 0.3) is 11.1 Å². The molecule has 1 unspecified atom stereocenters. The molecule has 0 nitrogen and oxygen atoms in total. The van der Waals surface area contributed by atoms with Gasteiger partial charge in [-0.05, 0) is 89.1 Å². The summed E-state index contributed by atoms with van der Waals surface area (Å²) in [5, 5.41) is 0. The van der Waals surface area contributed by atoms with Crippen molar-refractivity contribution in [2.45, 2.75) is 38.0 Å².